The Morgan fingerprint density at radius 3 is 1.49 bits per heavy atom. The minimum atomic E-state index is -0.366. The Balaban J connectivity index is 0.000000170. The van der Waals surface area contributed by atoms with Crippen LogP contribution in [-0.2, 0) is 6.42 Å². The van der Waals surface area contributed by atoms with Crippen molar-refractivity contribution in [2.75, 3.05) is 49.3 Å². The maximum atomic E-state index is 12.3. The summed E-state index contributed by atoms with van der Waals surface area (Å²) >= 11 is 0. The number of nitrogens with zero attached hydrogens (tertiary/aromatic N) is 6. The molecule has 0 radical (unpaired) electrons. The molecule has 20 heteroatoms. The van der Waals surface area contributed by atoms with E-state index in [4.69, 9.17) is 9.47 Å². The van der Waals surface area contributed by atoms with Gasteiger partial charge in [-0.2, -0.15) is 20.2 Å². The second-order valence-corrected chi connectivity index (χ2v) is 16.4. The number of hydrogen-bond acceptors (Lipinski definition) is 14. The summed E-state index contributed by atoms with van der Waals surface area (Å²) in [6.45, 7) is 6.26. The maximum absolute atomic E-state index is 12.3. The summed E-state index contributed by atoms with van der Waals surface area (Å²) in [5.74, 6) is 6.12. The first-order chi connectivity index (χ1) is 34.8. The number of anilines is 12. The number of rotatable bonds is 15. The number of H-pyrrole nitrogens is 2. The van der Waals surface area contributed by atoms with E-state index >= 15 is 0 Å². The average Bonchev–Trinajstić information content (AvgIpc) is 4.28. The van der Waals surface area contributed by atoms with Crippen molar-refractivity contribution in [1.82, 2.24) is 40.3 Å². The molecule has 0 spiro atoms. The summed E-state index contributed by atoms with van der Waals surface area (Å²) in [5, 5.41) is 38.7. The van der Waals surface area contributed by atoms with Crippen molar-refractivity contribution >= 4 is 81.4 Å². The fraction of sp³-hybridized carbons (Fsp3) is 0.216. The van der Waals surface area contributed by atoms with Gasteiger partial charge in [-0.3, -0.25) is 10.2 Å². The van der Waals surface area contributed by atoms with Crippen LogP contribution in [0.4, 0.5) is 78.9 Å². The molecule has 2 fully saturated rings. The van der Waals surface area contributed by atoms with Gasteiger partial charge in [-0.05, 0) is 123 Å². The minimum Gasteiger partial charge on any atom is -0.454 e. The van der Waals surface area contributed by atoms with Gasteiger partial charge >= 0.3 is 12.1 Å². The highest BCUT2D eigenvalue weighted by Crippen LogP contribution is 2.40. The van der Waals surface area contributed by atoms with Gasteiger partial charge in [-0.1, -0.05) is 32.9 Å². The van der Waals surface area contributed by atoms with Crippen molar-refractivity contribution in [2.24, 2.45) is 0 Å². The molecule has 4 aromatic carbocycles. The third kappa shape index (κ3) is 13.3. The molecule has 8 aromatic rings. The van der Waals surface area contributed by atoms with E-state index in [9.17, 15) is 9.59 Å². The van der Waals surface area contributed by atoms with Crippen LogP contribution in [0, 0.1) is 0 Å². The van der Waals surface area contributed by atoms with Gasteiger partial charge in [0, 0.05) is 87.9 Å². The first kappa shape index (κ1) is 46.9. The number of aromatic amines is 2. The lowest BCUT2D eigenvalue weighted by atomic mass is 10.1. The highest BCUT2D eigenvalue weighted by Gasteiger charge is 2.26. The Hall–Kier alpha value is -9.20. The molecule has 4 amide bonds. The number of aromatic nitrogens is 8. The first-order valence-electron chi connectivity index (χ1n) is 23.5. The minimum absolute atomic E-state index is 0.183. The number of carbonyl (C=O) groups is 2. The Morgan fingerprint density at radius 2 is 0.986 bits per heavy atom. The smallest absolute Gasteiger partial charge is 0.323 e. The Kier molecular flexibility index (Phi) is 14.7. The van der Waals surface area contributed by atoms with Crippen LogP contribution in [0.2, 0.25) is 0 Å². The molecule has 20 nitrogen and oxygen atoms in total. The molecular formula is C51H54N16O4. The van der Waals surface area contributed by atoms with E-state index in [-0.39, 0.29) is 18.9 Å². The molecule has 10 N–H and O–H groups in total. The monoisotopic (exact) mass is 954 g/mol. The molecule has 2 saturated carbocycles. The quantitative estimate of drug-likeness (QED) is 0.0459. The van der Waals surface area contributed by atoms with E-state index < -0.39 is 0 Å². The fourth-order valence-corrected chi connectivity index (χ4v) is 7.21. The van der Waals surface area contributed by atoms with E-state index in [2.05, 4.69) is 89.8 Å². The van der Waals surface area contributed by atoms with Crippen molar-refractivity contribution in [1.29, 1.82) is 0 Å². The summed E-state index contributed by atoms with van der Waals surface area (Å²) in [6.07, 6.45) is 9.12. The molecule has 0 bridgehead atoms. The molecule has 1 aliphatic heterocycles. The fourth-order valence-electron chi connectivity index (χ4n) is 7.21. The third-order valence-corrected chi connectivity index (χ3v) is 11.1. The lowest BCUT2D eigenvalue weighted by Crippen LogP contribution is -2.19. The Labute approximate surface area is 409 Å². The molecule has 2 aliphatic carbocycles. The second kappa shape index (κ2) is 22.3. The summed E-state index contributed by atoms with van der Waals surface area (Å²) in [4.78, 5) is 42.2. The Bertz CT molecular complexity index is 3060. The zero-order valence-corrected chi connectivity index (χ0v) is 39.3. The van der Waals surface area contributed by atoms with Gasteiger partial charge in [-0.25, -0.2) is 19.6 Å². The molecule has 0 saturated heterocycles. The summed E-state index contributed by atoms with van der Waals surface area (Å²) in [5.41, 5.74) is 7.74. The zero-order valence-electron chi connectivity index (χ0n) is 39.3. The van der Waals surface area contributed by atoms with Gasteiger partial charge in [0.25, 0.3) is 0 Å². The third-order valence-electron chi connectivity index (χ3n) is 11.1. The molecular weight excluding hydrogens is 901 g/mol. The van der Waals surface area contributed by atoms with E-state index in [1.807, 2.05) is 86.6 Å². The van der Waals surface area contributed by atoms with E-state index in [1.165, 1.54) is 31.2 Å². The molecule has 0 unspecified atom stereocenters. The van der Waals surface area contributed by atoms with E-state index in [1.54, 1.807) is 54.9 Å². The lowest BCUT2D eigenvalue weighted by Gasteiger charge is -2.10. The molecule has 0 atom stereocenters. The lowest BCUT2D eigenvalue weighted by molar-refractivity contribution is 0.174. The van der Waals surface area contributed by atoms with Gasteiger partial charge in [0.05, 0.1) is 0 Å². The largest absolute Gasteiger partial charge is 0.454 e. The van der Waals surface area contributed by atoms with Crippen LogP contribution in [0.5, 0.6) is 11.5 Å². The van der Waals surface area contributed by atoms with E-state index in [0.717, 1.165) is 46.5 Å². The summed E-state index contributed by atoms with van der Waals surface area (Å²) < 4.78 is 10.6. The van der Waals surface area contributed by atoms with Crippen LogP contribution in [0.15, 0.2) is 128 Å². The number of aryl methyl sites for hydroxylation is 1. The summed E-state index contributed by atoms with van der Waals surface area (Å²) in [6, 6.07) is 34.5. The van der Waals surface area contributed by atoms with Gasteiger partial charge < -0.3 is 52.0 Å². The first-order valence-corrected chi connectivity index (χ1v) is 23.5. The van der Waals surface area contributed by atoms with Crippen molar-refractivity contribution in [3.05, 3.63) is 145 Å². The van der Waals surface area contributed by atoms with E-state index in [0.29, 0.717) is 63.9 Å². The van der Waals surface area contributed by atoms with Crippen LogP contribution >= 0.6 is 0 Å². The predicted octanol–water partition coefficient (Wildman–Crippen LogP) is 11.7. The van der Waals surface area contributed by atoms with Gasteiger partial charge in [0.15, 0.2) is 23.1 Å². The van der Waals surface area contributed by atoms with Crippen LogP contribution < -0.4 is 52.0 Å². The van der Waals surface area contributed by atoms with Crippen molar-refractivity contribution in [2.45, 2.75) is 64.7 Å². The number of benzene rings is 4. The second-order valence-electron chi connectivity index (χ2n) is 16.4. The van der Waals surface area contributed by atoms with Crippen LogP contribution in [0.25, 0.3) is 0 Å². The summed E-state index contributed by atoms with van der Waals surface area (Å²) in [7, 11) is 0. The molecule has 11 rings (SSSR count). The molecule has 71 heavy (non-hydrogen) atoms. The topological polar surface area (TPSA) is 258 Å². The van der Waals surface area contributed by atoms with Crippen LogP contribution in [0.1, 0.15) is 75.2 Å². The van der Waals surface area contributed by atoms with Crippen molar-refractivity contribution in [3.8, 4) is 11.5 Å². The van der Waals surface area contributed by atoms with Gasteiger partial charge in [0.1, 0.15) is 11.6 Å². The SMILES string of the molecule is CC.CCc1cccc(NC(=O)Nc2ccc(Nc3nccc(Nc4cc(C5CC5)[nH]n4)n3)cc2)c1.O=C(Nc1ccc(Nc2nccc(Nc3cc(C4CC4)[nH]n3)n2)cc1)Nc1ccc2c(c1)OCO2. The molecule has 362 valence electrons. The van der Waals surface area contributed by atoms with Gasteiger partial charge in [-0.15, -0.1) is 0 Å². The number of urea groups is 2. The molecule has 4 aromatic heterocycles. The van der Waals surface area contributed by atoms with Crippen LogP contribution in [0.3, 0.4) is 0 Å². The predicted molar refractivity (Wildman–Crippen MR) is 276 cm³/mol. The standard InChI is InChI=1S/C25H26N8O.C24H22N8O3.C2H6/c1-2-16-4-3-5-20(14-16)29-25(34)28-19-10-8-18(9-11-19)27-24-26-13-12-22(31-24)30-23-15-21(32-33-23)17-6-7-17;33-24(28-17-7-8-19-20(11-17)35-13-34-19)27-16-5-3-15(4-6-16)26-23-25-10-9-21(30-23)29-22-12-18(31-32-22)14-1-2-14;1-2/h3-5,8-15,17H,2,6-7H2,1H3,(H2,28,29,34)(H3,26,27,30,31,32,33);3-12,14H,1-2,13H2,(H2,27,28,33)(H3,25,26,29,30,31,32);1-2H3. The van der Waals surface area contributed by atoms with Crippen molar-refractivity contribution in [3.63, 3.8) is 0 Å². The van der Waals surface area contributed by atoms with Gasteiger partial charge in [0.2, 0.25) is 18.7 Å². The number of nitrogens with one attached hydrogen (secondary N) is 10. The molecule has 5 heterocycles. The highest BCUT2D eigenvalue weighted by molar-refractivity contribution is 6.00. The number of amides is 4. The van der Waals surface area contributed by atoms with Crippen molar-refractivity contribution < 1.29 is 19.1 Å². The number of carbonyl (C=O) groups excluding carboxylic acids is 2. The zero-order chi connectivity index (χ0) is 48.9. The highest BCUT2D eigenvalue weighted by atomic mass is 16.7. The molecule has 3 aliphatic rings. The average molecular weight is 955 g/mol. The Morgan fingerprint density at radius 1 is 0.521 bits per heavy atom. The maximum Gasteiger partial charge on any atom is 0.323 e. The number of hydrogen-bond donors (Lipinski definition) is 10. The number of ether oxygens (including phenoxy) is 2. The van der Waals surface area contributed by atoms with Crippen LogP contribution in [-0.4, -0.2) is 59.2 Å². The normalized spacial score (nSPS) is 13.0. The number of fused-ring (bicyclic) bond motifs is 1.